The van der Waals surface area contributed by atoms with Crippen LogP contribution in [-0.2, 0) is 16.1 Å². The number of hydrogen-bond acceptors (Lipinski definition) is 3. The maximum absolute atomic E-state index is 11.9. The van der Waals surface area contributed by atoms with E-state index < -0.39 is 0 Å². The fraction of sp³-hybridized carbons (Fsp3) is 0.429. The minimum Gasteiger partial charge on any atom is -0.338 e. The molecule has 1 fully saturated rings. The highest BCUT2D eigenvalue weighted by molar-refractivity contribution is 8.13. The molecule has 1 saturated heterocycles. The van der Waals surface area contributed by atoms with Gasteiger partial charge in [-0.2, -0.15) is 0 Å². The van der Waals surface area contributed by atoms with Gasteiger partial charge in [-0.05, 0) is 17.5 Å². The molecule has 0 aromatic heterocycles. The fourth-order valence-corrected chi connectivity index (χ4v) is 3.08. The molecule has 2 rings (SSSR count). The molecule has 1 aliphatic rings. The van der Waals surface area contributed by atoms with Crippen molar-refractivity contribution in [1.82, 2.24) is 4.90 Å². The summed E-state index contributed by atoms with van der Waals surface area (Å²) in [5.41, 5.74) is 0.970. The normalized spacial score (nSPS) is 18.9. The Labute approximate surface area is 122 Å². The Kier molecular flexibility index (Phi) is 4.88. The highest BCUT2D eigenvalue weighted by Gasteiger charge is 2.29. The largest absolute Gasteiger partial charge is 0.338 e. The van der Waals surface area contributed by atoms with Crippen LogP contribution in [0.25, 0.3) is 0 Å². The minimum absolute atomic E-state index is 0.108. The number of carbonyl (C=O) groups excluding carboxylic acids is 2. The van der Waals surface area contributed by atoms with Crippen molar-refractivity contribution in [3.63, 3.8) is 0 Å². The van der Waals surface area contributed by atoms with Gasteiger partial charge in [-0.15, -0.1) is 0 Å². The maximum Gasteiger partial charge on any atom is 0.223 e. The molecular weight excluding hydrogens is 282 g/mol. The SMILES string of the molecule is CC(=O)SCC1CC(=O)N(Cc2ccccc2Cl)C1. The molecule has 102 valence electrons. The van der Waals surface area contributed by atoms with E-state index in [1.807, 2.05) is 29.2 Å². The van der Waals surface area contributed by atoms with Gasteiger partial charge in [0.15, 0.2) is 5.12 Å². The summed E-state index contributed by atoms with van der Waals surface area (Å²) < 4.78 is 0. The number of benzene rings is 1. The molecule has 1 aromatic carbocycles. The Bertz CT molecular complexity index is 492. The van der Waals surface area contributed by atoms with Crippen molar-refractivity contribution >= 4 is 34.4 Å². The molecule has 1 aromatic rings. The van der Waals surface area contributed by atoms with E-state index >= 15 is 0 Å². The van der Waals surface area contributed by atoms with Gasteiger partial charge in [0, 0.05) is 37.2 Å². The smallest absolute Gasteiger partial charge is 0.223 e. The molecule has 0 radical (unpaired) electrons. The lowest BCUT2D eigenvalue weighted by atomic mass is 10.1. The summed E-state index contributed by atoms with van der Waals surface area (Å²) in [5, 5.41) is 0.800. The average Bonchev–Trinajstić information content (AvgIpc) is 2.71. The first-order chi connectivity index (χ1) is 9.06. The van der Waals surface area contributed by atoms with E-state index in [4.69, 9.17) is 11.6 Å². The second kappa shape index (κ2) is 6.44. The average molecular weight is 298 g/mol. The Morgan fingerprint density at radius 1 is 1.47 bits per heavy atom. The molecular formula is C14H16ClNO2S. The summed E-state index contributed by atoms with van der Waals surface area (Å²) in [6, 6.07) is 7.57. The van der Waals surface area contributed by atoms with Crippen molar-refractivity contribution in [1.29, 1.82) is 0 Å². The summed E-state index contributed by atoms with van der Waals surface area (Å²) >= 11 is 7.40. The maximum atomic E-state index is 11.9. The molecule has 19 heavy (non-hydrogen) atoms. The molecule has 0 bridgehead atoms. The molecule has 0 N–H and O–H groups in total. The fourth-order valence-electron chi connectivity index (χ4n) is 2.19. The van der Waals surface area contributed by atoms with E-state index in [2.05, 4.69) is 0 Å². The van der Waals surface area contributed by atoms with Crippen molar-refractivity contribution in [3.8, 4) is 0 Å². The lowest BCUT2D eigenvalue weighted by Crippen LogP contribution is -2.25. The number of hydrogen-bond donors (Lipinski definition) is 0. The van der Waals surface area contributed by atoms with Crippen LogP contribution in [0.3, 0.4) is 0 Å². The number of nitrogens with zero attached hydrogens (tertiary/aromatic N) is 1. The zero-order valence-electron chi connectivity index (χ0n) is 10.8. The van der Waals surface area contributed by atoms with E-state index in [0.717, 1.165) is 11.3 Å². The van der Waals surface area contributed by atoms with Crippen molar-refractivity contribution in [2.24, 2.45) is 5.92 Å². The summed E-state index contributed by atoms with van der Waals surface area (Å²) in [4.78, 5) is 24.7. The molecule has 1 aliphatic heterocycles. The molecule has 1 unspecified atom stereocenters. The third-order valence-electron chi connectivity index (χ3n) is 3.14. The number of likely N-dealkylation sites (tertiary alicyclic amines) is 1. The third-order valence-corrected chi connectivity index (χ3v) is 4.55. The quantitative estimate of drug-likeness (QED) is 0.857. The highest BCUT2D eigenvalue weighted by Crippen LogP contribution is 2.25. The Morgan fingerprint density at radius 2 is 2.21 bits per heavy atom. The van der Waals surface area contributed by atoms with Crippen molar-refractivity contribution in [3.05, 3.63) is 34.9 Å². The van der Waals surface area contributed by atoms with Gasteiger partial charge in [-0.25, -0.2) is 0 Å². The summed E-state index contributed by atoms with van der Waals surface area (Å²) in [7, 11) is 0. The second-order valence-corrected chi connectivity index (χ2v) is 6.34. The van der Waals surface area contributed by atoms with Crippen LogP contribution < -0.4 is 0 Å². The molecule has 0 spiro atoms. The van der Waals surface area contributed by atoms with Gasteiger partial charge < -0.3 is 4.90 Å². The summed E-state index contributed by atoms with van der Waals surface area (Å²) in [6.07, 6.45) is 0.532. The molecule has 0 aliphatic carbocycles. The van der Waals surface area contributed by atoms with Crippen LogP contribution in [0.15, 0.2) is 24.3 Å². The Hall–Kier alpha value is -1.00. The number of amides is 1. The zero-order chi connectivity index (χ0) is 13.8. The van der Waals surface area contributed by atoms with E-state index in [9.17, 15) is 9.59 Å². The predicted molar refractivity (Wildman–Crippen MR) is 78.1 cm³/mol. The molecule has 1 amide bonds. The van der Waals surface area contributed by atoms with Gasteiger partial charge in [0.1, 0.15) is 0 Å². The topological polar surface area (TPSA) is 37.4 Å². The minimum atomic E-state index is 0.108. The number of carbonyl (C=O) groups is 2. The van der Waals surface area contributed by atoms with Crippen LogP contribution in [0.2, 0.25) is 5.02 Å². The monoisotopic (exact) mass is 297 g/mol. The van der Waals surface area contributed by atoms with Crippen molar-refractivity contribution in [2.75, 3.05) is 12.3 Å². The van der Waals surface area contributed by atoms with Crippen molar-refractivity contribution in [2.45, 2.75) is 19.9 Å². The van der Waals surface area contributed by atoms with E-state index in [1.54, 1.807) is 6.92 Å². The van der Waals surface area contributed by atoms with Crippen molar-refractivity contribution < 1.29 is 9.59 Å². The zero-order valence-corrected chi connectivity index (χ0v) is 12.3. The Morgan fingerprint density at radius 3 is 2.89 bits per heavy atom. The third kappa shape index (κ3) is 3.98. The van der Waals surface area contributed by atoms with Gasteiger partial charge in [-0.3, -0.25) is 9.59 Å². The molecule has 1 atom stereocenters. The van der Waals surface area contributed by atoms with Gasteiger partial charge in [-0.1, -0.05) is 41.6 Å². The van der Waals surface area contributed by atoms with Crippen LogP contribution in [0.4, 0.5) is 0 Å². The predicted octanol–water partition coefficient (Wildman–Crippen LogP) is 2.97. The summed E-state index contributed by atoms with van der Waals surface area (Å²) in [6.45, 7) is 2.83. The second-order valence-electron chi connectivity index (χ2n) is 4.74. The van der Waals surface area contributed by atoms with E-state index in [1.165, 1.54) is 11.8 Å². The van der Waals surface area contributed by atoms with E-state index in [0.29, 0.717) is 24.5 Å². The first-order valence-electron chi connectivity index (χ1n) is 6.21. The van der Waals surface area contributed by atoms with Crippen LogP contribution in [0.5, 0.6) is 0 Å². The molecule has 5 heteroatoms. The Balaban J connectivity index is 1.93. The molecule has 0 saturated carbocycles. The van der Waals surface area contributed by atoms with E-state index in [-0.39, 0.29) is 16.9 Å². The molecule has 1 heterocycles. The van der Waals surface area contributed by atoms with Crippen LogP contribution in [-0.4, -0.2) is 28.2 Å². The lowest BCUT2D eigenvalue weighted by Gasteiger charge is -2.17. The first kappa shape index (κ1) is 14.4. The summed E-state index contributed by atoms with van der Waals surface area (Å²) in [5.74, 6) is 1.14. The van der Waals surface area contributed by atoms with Crippen LogP contribution in [0.1, 0.15) is 18.9 Å². The van der Waals surface area contributed by atoms with Crippen LogP contribution >= 0.6 is 23.4 Å². The lowest BCUT2D eigenvalue weighted by molar-refractivity contribution is -0.128. The number of halogens is 1. The van der Waals surface area contributed by atoms with Gasteiger partial charge in [0.2, 0.25) is 5.91 Å². The van der Waals surface area contributed by atoms with Gasteiger partial charge in [0.25, 0.3) is 0 Å². The highest BCUT2D eigenvalue weighted by atomic mass is 35.5. The first-order valence-corrected chi connectivity index (χ1v) is 7.57. The van der Waals surface area contributed by atoms with Gasteiger partial charge >= 0.3 is 0 Å². The standard InChI is InChI=1S/C14H16ClNO2S/c1-10(17)19-9-11-6-14(18)16(7-11)8-12-4-2-3-5-13(12)15/h2-5,11H,6-9H2,1H3. The number of rotatable bonds is 4. The number of thioether (sulfide) groups is 1. The van der Waals surface area contributed by atoms with Gasteiger partial charge in [0.05, 0.1) is 0 Å². The van der Waals surface area contributed by atoms with Crippen LogP contribution in [0, 0.1) is 5.92 Å². The molecule has 3 nitrogen and oxygen atoms in total.